The lowest BCUT2D eigenvalue weighted by atomic mass is 10.1. The smallest absolute Gasteiger partial charge is 0.151 e. The Hall–Kier alpha value is -2.24. The molecule has 4 nitrogen and oxygen atoms in total. The minimum Gasteiger partial charge on any atom is -0.298 e. The van der Waals surface area contributed by atoms with Crippen LogP contribution in [0, 0.1) is 11.8 Å². The topological polar surface area (TPSA) is 65.8 Å². The molecule has 0 N–H and O–H groups in total. The first-order chi connectivity index (χ1) is 7.88. The molecular formula is C12H11N3O. The molecule has 1 aromatic rings. The van der Waals surface area contributed by atoms with Crippen LogP contribution in [-0.4, -0.2) is 12.8 Å². The molecule has 0 unspecified atom stereocenters. The lowest BCUT2D eigenvalue weighted by Gasteiger charge is -1.93. The lowest BCUT2D eigenvalue weighted by Crippen LogP contribution is -1.85. The summed E-state index contributed by atoms with van der Waals surface area (Å²) in [6.45, 7) is 0.459. The average molecular weight is 213 g/mol. The van der Waals surface area contributed by atoms with Crippen molar-refractivity contribution in [2.45, 2.75) is 12.8 Å². The molecule has 1 rings (SSSR count). The molecule has 16 heavy (non-hydrogen) atoms. The highest BCUT2D eigenvalue weighted by atomic mass is 16.1. The van der Waals surface area contributed by atoms with Crippen molar-refractivity contribution in [1.82, 2.24) is 0 Å². The van der Waals surface area contributed by atoms with Crippen LogP contribution in [-0.2, 0) is 0 Å². The number of carbonyl (C=O) groups excluding carboxylic acids is 1. The second kappa shape index (κ2) is 7.10. The van der Waals surface area contributed by atoms with E-state index in [1.807, 2.05) is 12.1 Å². The zero-order chi connectivity index (χ0) is 11.6. The van der Waals surface area contributed by atoms with E-state index in [4.69, 9.17) is 5.53 Å². The van der Waals surface area contributed by atoms with Crippen molar-refractivity contribution in [3.8, 4) is 11.8 Å². The third-order valence-electron chi connectivity index (χ3n) is 1.93. The van der Waals surface area contributed by atoms with Crippen molar-refractivity contribution in [2.75, 3.05) is 6.54 Å². The van der Waals surface area contributed by atoms with E-state index in [1.54, 1.807) is 12.1 Å². The first-order valence-electron chi connectivity index (χ1n) is 4.92. The van der Waals surface area contributed by atoms with Gasteiger partial charge in [0.25, 0.3) is 0 Å². The molecule has 1 aromatic carbocycles. The van der Waals surface area contributed by atoms with E-state index in [2.05, 4.69) is 21.9 Å². The van der Waals surface area contributed by atoms with Gasteiger partial charge in [0.1, 0.15) is 0 Å². The molecule has 0 radical (unpaired) electrons. The minimum atomic E-state index is 0.459. The van der Waals surface area contributed by atoms with Gasteiger partial charge in [0, 0.05) is 29.0 Å². The van der Waals surface area contributed by atoms with Gasteiger partial charge in [-0.25, -0.2) is 0 Å². The van der Waals surface area contributed by atoms with Gasteiger partial charge >= 0.3 is 0 Å². The fourth-order valence-electron chi connectivity index (χ4n) is 1.15. The first-order valence-corrected chi connectivity index (χ1v) is 4.92. The number of benzene rings is 1. The Labute approximate surface area is 93.9 Å². The Morgan fingerprint density at radius 3 is 3.00 bits per heavy atom. The highest BCUT2D eigenvalue weighted by Crippen LogP contribution is 2.04. The van der Waals surface area contributed by atoms with Crippen LogP contribution in [0.1, 0.15) is 28.8 Å². The van der Waals surface area contributed by atoms with Crippen LogP contribution in [0.4, 0.5) is 0 Å². The normalized spacial score (nSPS) is 8.50. The van der Waals surface area contributed by atoms with Crippen LogP contribution in [0.15, 0.2) is 29.4 Å². The number of aldehydes is 1. The predicted molar refractivity (Wildman–Crippen MR) is 62.0 cm³/mol. The zero-order valence-corrected chi connectivity index (χ0v) is 8.76. The standard InChI is InChI=1S/C12H11N3O/c13-15-14-9-5-1-2-6-11-7-3-4-8-12(11)10-16/h3-4,7-8,10H,1,5,9H2. The molecule has 0 saturated carbocycles. The van der Waals surface area contributed by atoms with E-state index in [0.29, 0.717) is 18.5 Å². The van der Waals surface area contributed by atoms with E-state index < -0.39 is 0 Å². The van der Waals surface area contributed by atoms with Gasteiger partial charge in [0.15, 0.2) is 6.29 Å². The first kappa shape index (κ1) is 11.8. The van der Waals surface area contributed by atoms with Gasteiger partial charge in [-0.05, 0) is 18.0 Å². The molecule has 0 spiro atoms. The average Bonchev–Trinajstić information content (AvgIpc) is 2.34. The summed E-state index contributed by atoms with van der Waals surface area (Å²) in [7, 11) is 0. The Balaban J connectivity index is 2.55. The largest absolute Gasteiger partial charge is 0.298 e. The minimum absolute atomic E-state index is 0.459. The third-order valence-corrected chi connectivity index (χ3v) is 1.93. The van der Waals surface area contributed by atoms with Gasteiger partial charge in [0.05, 0.1) is 0 Å². The molecule has 0 heterocycles. The van der Waals surface area contributed by atoms with Crippen molar-refractivity contribution in [2.24, 2.45) is 5.11 Å². The molecule has 0 fully saturated rings. The number of hydrogen-bond acceptors (Lipinski definition) is 2. The second-order valence-electron chi connectivity index (χ2n) is 3.06. The predicted octanol–water partition coefficient (Wildman–Crippen LogP) is 2.94. The number of hydrogen-bond donors (Lipinski definition) is 0. The van der Waals surface area contributed by atoms with Crippen molar-refractivity contribution < 1.29 is 4.79 Å². The second-order valence-corrected chi connectivity index (χ2v) is 3.06. The summed E-state index contributed by atoms with van der Waals surface area (Å²) in [5.41, 5.74) is 9.39. The number of carbonyl (C=O) groups is 1. The molecular weight excluding hydrogens is 202 g/mol. The van der Waals surface area contributed by atoms with E-state index >= 15 is 0 Å². The summed E-state index contributed by atoms with van der Waals surface area (Å²) in [5.74, 6) is 5.87. The fourth-order valence-corrected chi connectivity index (χ4v) is 1.15. The Morgan fingerprint density at radius 2 is 2.25 bits per heavy atom. The van der Waals surface area contributed by atoms with Crippen molar-refractivity contribution in [3.63, 3.8) is 0 Å². The Kier molecular flexibility index (Phi) is 5.25. The highest BCUT2D eigenvalue weighted by Gasteiger charge is 1.94. The van der Waals surface area contributed by atoms with Gasteiger partial charge in [-0.2, -0.15) is 0 Å². The molecule has 0 amide bonds. The van der Waals surface area contributed by atoms with Crippen molar-refractivity contribution >= 4 is 6.29 Å². The van der Waals surface area contributed by atoms with Crippen LogP contribution in [0.3, 0.4) is 0 Å². The summed E-state index contributed by atoms with van der Waals surface area (Å²) >= 11 is 0. The highest BCUT2D eigenvalue weighted by molar-refractivity contribution is 5.79. The van der Waals surface area contributed by atoms with Crippen LogP contribution >= 0.6 is 0 Å². The molecule has 0 aliphatic rings. The van der Waals surface area contributed by atoms with Gasteiger partial charge in [-0.3, -0.25) is 4.79 Å². The molecule has 80 valence electrons. The molecule has 0 aliphatic carbocycles. The summed E-state index contributed by atoms with van der Waals surface area (Å²) in [4.78, 5) is 13.3. The Bertz CT molecular complexity index is 465. The van der Waals surface area contributed by atoms with E-state index in [1.165, 1.54) is 0 Å². The van der Waals surface area contributed by atoms with Gasteiger partial charge in [-0.15, -0.1) is 0 Å². The molecule has 4 heteroatoms. The van der Waals surface area contributed by atoms with Gasteiger partial charge in [-0.1, -0.05) is 35.2 Å². The summed E-state index contributed by atoms with van der Waals surface area (Å²) in [6.07, 6.45) is 2.19. The maximum absolute atomic E-state index is 10.7. The molecule has 0 aliphatic heterocycles. The van der Waals surface area contributed by atoms with Crippen LogP contribution in [0.5, 0.6) is 0 Å². The number of rotatable bonds is 4. The van der Waals surface area contributed by atoms with Crippen LogP contribution < -0.4 is 0 Å². The summed E-state index contributed by atoms with van der Waals surface area (Å²) < 4.78 is 0. The van der Waals surface area contributed by atoms with Crippen molar-refractivity contribution in [3.05, 3.63) is 45.8 Å². The van der Waals surface area contributed by atoms with Crippen molar-refractivity contribution in [1.29, 1.82) is 0 Å². The number of azide groups is 1. The fraction of sp³-hybridized carbons (Fsp3) is 0.250. The van der Waals surface area contributed by atoms with E-state index in [-0.39, 0.29) is 0 Å². The monoisotopic (exact) mass is 213 g/mol. The van der Waals surface area contributed by atoms with E-state index in [0.717, 1.165) is 18.3 Å². The summed E-state index contributed by atoms with van der Waals surface area (Å²) in [6, 6.07) is 7.19. The van der Waals surface area contributed by atoms with Crippen LogP contribution in [0.2, 0.25) is 0 Å². The quantitative estimate of drug-likeness (QED) is 0.189. The number of nitrogens with zero attached hydrogens (tertiary/aromatic N) is 3. The molecule has 0 bridgehead atoms. The third kappa shape index (κ3) is 3.87. The lowest BCUT2D eigenvalue weighted by molar-refractivity contribution is 0.112. The van der Waals surface area contributed by atoms with Gasteiger partial charge < -0.3 is 0 Å². The van der Waals surface area contributed by atoms with Gasteiger partial charge in [0.2, 0.25) is 0 Å². The maximum atomic E-state index is 10.7. The van der Waals surface area contributed by atoms with E-state index in [9.17, 15) is 4.79 Å². The summed E-state index contributed by atoms with van der Waals surface area (Å²) in [5, 5.41) is 3.41. The molecule has 0 aromatic heterocycles. The number of unbranched alkanes of at least 4 members (excludes halogenated alkanes) is 1. The molecule has 0 saturated heterocycles. The SMILES string of the molecule is [N-]=[N+]=NCCCC#Cc1ccccc1C=O. The van der Waals surface area contributed by atoms with Crippen LogP contribution in [0.25, 0.3) is 10.4 Å². The zero-order valence-electron chi connectivity index (χ0n) is 8.76. The maximum Gasteiger partial charge on any atom is 0.151 e. The molecule has 0 atom stereocenters. The Morgan fingerprint density at radius 1 is 1.44 bits per heavy atom.